The van der Waals surface area contributed by atoms with Crippen molar-refractivity contribution < 1.29 is 23.1 Å². The van der Waals surface area contributed by atoms with E-state index in [4.69, 9.17) is 4.74 Å². The second kappa shape index (κ2) is 8.64. The van der Waals surface area contributed by atoms with Crippen molar-refractivity contribution in [1.82, 2.24) is 9.78 Å². The molecule has 2 aromatic carbocycles. The zero-order valence-corrected chi connectivity index (χ0v) is 16.1. The van der Waals surface area contributed by atoms with E-state index in [1.165, 1.54) is 0 Å². The summed E-state index contributed by atoms with van der Waals surface area (Å²) in [4.78, 5) is 37.3. The van der Waals surface area contributed by atoms with Gasteiger partial charge in [-0.05, 0) is 38.1 Å². The molecule has 0 fully saturated rings. The lowest BCUT2D eigenvalue weighted by molar-refractivity contribution is 0.0518. The number of anilines is 1. The summed E-state index contributed by atoms with van der Waals surface area (Å²) in [6, 6.07) is 10.6. The van der Waals surface area contributed by atoms with Crippen molar-refractivity contribution in [2.24, 2.45) is 0 Å². The third kappa shape index (κ3) is 4.24. The van der Waals surface area contributed by atoms with E-state index in [1.54, 1.807) is 31.2 Å². The van der Waals surface area contributed by atoms with Gasteiger partial charge in [0.25, 0.3) is 11.5 Å². The average Bonchev–Trinajstić information content (AvgIpc) is 2.69. The molecule has 30 heavy (non-hydrogen) atoms. The first-order valence-electron chi connectivity index (χ1n) is 8.95. The molecule has 1 heterocycles. The largest absolute Gasteiger partial charge is 0.461 e. The van der Waals surface area contributed by atoms with E-state index < -0.39 is 34.6 Å². The Labute approximate surface area is 169 Å². The van der Waals surface area contributed by atoms with Crippen LogP contribution in [-0.2, 0) is 4.74 Å². The Kier molecular flexibility index (Phi) is 6.01. The predicted molar refractivity (Wildman–Crippen MR) is 105 cm³/mol. The van der Waals surface area contributed by atoms with Gasteiger partial charge in [0, 0.05) is 6.07 Å². The van der Waals surface area contributed by atoms with Crippen molar-refractivity contribution in [2.45, 2.75) is 13.8 Å². The number of carbonyl (C=O) groups excluding carboxylic acids is 2. The molecule has 0 atom stereocenters. The lowest BCUT2D eigenvalue weighted by Crippen LogP contribution is -2.27. The van der Waals surface area contributed by atoms with Gasteiger partial charge in [-0.25, -0.2) is 13.6 Å². The summed E-state index contributed by atoms with van der Waals surface area (Å²) in [7, 11) is 0. The molecule has 0 aliphatic rings. The second-order valence-electron chi connectivity index (χ2n) is 6.26. The predicted octanol–water partition coefficient (Wildman–Crippen LogP) is 3.25. The number of amides is 1. The Balaban J connectivity index is 2.08. The fraction of sp³-hybridized carbons (Fsp3) is 0.143. The van der Waals surface area contributed by atoms with E-state index >= 15 is 0 Å². The number of benzene rings is 2. The Morgan fingerprint density at radius 2 is 1.73 bits per heavy atom. The van der Waals surface area contributed by atoms with Gasteiger partial charge in [0.15, 0.2) is 5.69 Å². The number of nitrogens with one attached hydrogen (secondary N) is 1. The van der Waals surface area contributed by atoms with Crippen molar-refractivity contribution in [2.75, 3.05) is 11.9 Å². The van der Waals surface area contributed by atoms with Crippen molar-refractivity contribution in [1.29, 1.82) is 0 Å². The number of ether oxygens (including phenoxy) is 1. The van der Waals surface area contributed by atoms with Gasteiger partial charge in [0.05, 0.1) is 18.0 Å². The number of aromatic nitrogens is 2. The monoisotopic (exact) mass is 413 g/mol. The second-order valence-corrected chi connectivity index (χ2v) is 6.26. The van der Waals surface area contributed by atoms with E-state index in [2.05, 4.69) is 10.4 Å². The van der Waals surface area contributed by atoms with E-state index in [9.17, 15) is 23.2 Å². The van der Waals surface area contributed by atoms with Gasteiger partial charge in [0.2, 0.25) is 0 Å². The van der Waals surface area contributed by atoms with Crippen LogP contribution >= 0.6 is 0 Å². The van der Waals surface area contributed by atoms with Crippen LogP contribution in [0.1, 0.15) is 33.3 Å². The van der Waals surface area contributed by atoms with Gasteiger partial charge in [-0.15, -0.1) is 0 Å². The summed E-state index contributed by atoms with van der Waals surface area (Å²) >= 11 is 0. The number of hydrogen-bond acceptors (Lipinski definition) is 5. The molecular formula is C21H17F2N3O4. The lowest BCUT2D eigenvalue weighted by atomic mass is 10.1. The van der Waals surface area contributed by atoms with E-state index in [1.807, 2.05) is 6.92 Å². The molecule has 1 aromatic heterocycles. The smallest absolute Gasteiger partial charge is 0.360 e. The lowest BCUT2D eigenvalue weighted by Gasteiger charge is -2.13. The van der Waals surface area contributed by atoms with E-state index in [0.717, 1.165) is 34.5 Å². The Hall–Kier alpha value is -3.88. The highest BCUT2D eigenvalue weighted by Gasteiger charge is 2.23. The molecule has 9 heteroatoms. The summed E-state index contributed by atoms with van der Waals surface area (Å²) in [5.74, 6) is -4.27. The standard InChI is InChI=1S/C21H17F2N3O4/c1-3-30-21(29)19-16(24-20(28)18-14(22)5-4-6-15(18)23)11-17(27)26(25-19)13-9-7-12(2)8-10-13/h4-11H,3H2,1-2H3,(H,24,28). The molecule has 0 aliphatic carbocycles. The van der Waals surface area contributed by atoms with Crippen LogP contribution in [0.25, 0.3) is 5.69 Å². The number of carbonyl (C=O) groups is 2. The molecular weight excluding hydrogens is 396 g/mol. The molecule has 154 valence electrons. The fourth-order valence-electron chi connectivity index (χ4n) is 2.67. The summed E-state index contributed by atoms with van der Waals surface area (Å²) in [5, 5.41) is 6.19. The fourth-order valence-corrected chi connectivity index (χ4v) is 2.67. The Morgan fingerprint density at radius 1 is 1.10 bits per heavy atom. The third-order valence-corrected chi connectivity index (χ3v) is 4.12. The van der Waals surface area contributed by atoms with Crippen LogP contribution in [0.5, 0.6) is 0 Å². The van der Waals surface area contributed by atoms with Gasteiger partial charge in [0.1, 0.15) is 17.2 Å². The molecule has 1 amide bonds. The maximum absolute atomic E-state index is 13.9. The van der Waals surface area contributed by atoms with Gasteiger partial charge in [-0.2, -0.15) is 9.78 Å². The molecule has 0 unspecified atom stereocenters. The summed E-state index contributed by atoms with van der Waals surface area (Å²) in [6.07, 6.45) is 0. The van der Waals surface area contributed by atoms with Crippen molar-refractivity contribution in [3.63, 3.8) is 0 Å². The molecule has 3 aromatic rings. The van der Waals surface area contributed by atoms with Crippen molar-refractivity contribution in [3.05, 3.63) is 87.3 Å². The molecule has 0 saturated heterocycles. The highest BCUT2D eigenvalue weighted by atomic mass is 19.1. The zero-order valence-electron chi connectivity index (χ0n) is 16.1. The molecule has 0 bridgehead atoms. The summed E-state index contributed by atoms with van der Waals surface area (Å²) < 4.78 is 33.7. The van der Waals surface area contributed by atoms with Crippen LogP contribution in [0.4, 0.5) is 14.5 Å². The minimum absolute atomic E-state index is 0.0134. The van der Waals surface area contributed by atoms with Crippen LogP contribution < -0.4 is 10.9 Å². The summed E-state index contributed by atoms with van der Waals surface area (Å²) in [5.41, 5.74) is -0.898. The van der Waals surface area contributed by atoms with Gasteiger partial charge in [-0.3, -0.25) is 9.59 Å². The topological polar surface area (TPSA) is 90.3 Å². The van der Waals surface area contributed by atoms with Crippen LogP contribution in [-0.4, -0.2) is 28.3 Å². The number of rotatable bonds is 5. The van der Waals surface area contributed by atoms with Gasteiger partial charge >= 0.3 is 5.97 Å². The third-order valence-electron chi connectivity index (χ3n) is 4.12. The first kappa shape index (κ1) is 20.8. The minimum atomic E-state index is -1.18. The first-order valence-corrected chi connectivity index (χ1v) is 8.95. The van der Waals surface area contributed by atoms with Crippen LogP contribution in [0.15, 0.2) is 53.3 Å². The molecule has 0 aliphatic heterocycles. The Morgan fingerprint density at radius 3 is 2.33 bits per heavy atom. The van der Waals surface area contributed by atoms with Crippen LogP contribution in [0.3, 0.4) is 0 Å². The molecule has 7 nitrogen and oxygen atoms in total. The highest BCUT2D eigenvalue weighted by Crippen LogP contribution is 2.18. The molecule has 1 N–H and O–H groups in total. The highest BCUT2D eigenvalue weighted by molar-refractivity contribution is 6.07. The quantitative estimate of drug-likeness (QED) is 0.649. The van der Waals surface area contributed by atoms with E-state index in [0.29, 0.717) is 5.69 Å². The molecule has 0 spiro atoms. The van der Waals surface area contributed by atoms with Crippen LogP contribution in [0, 0.1) is 18.6 Å². The molecule has 0 radical (unpaired) electrons. The number of esters is 1. The maximum Gasteiger partial charge on any atom is 0.360 e. The molecule has 0 saturated carbocycles. The average molecular weight is 413 g/mol. The first-order chi connectivity index (χ1) is 14.3. The van der Waals surface area contributed by atoms with Gasteiger partial charge < -0.3 is 10.1 Å². The summed E-state index contributed by atoms with van der Waals surface area (Å²) in [6.45, 7) is 3.45. The Bertz CT molecular complexity index is 1150. The number of halogens is 2. The maximum atomic E-state index is 13.9. The minimum Gasteiger partial charge on any atom is -0.461 e. The van der Waals surface area contributed by atoms with Gasteiger partial charge in [-0.1, -0.05) is 23.8 Å². The number of nitrogens with zero attached hydrogens (tertiary/aromatic N) is 2. The normalized spacial score (nSPS) is 10.5. The van der Waals surface area contributed by atoms with Crippen LogP contribution in [0.2, 0.25) is 0 Å². The van der Waals surface area contributed by atoms with E-state index in [-0.39, 0.29) is 18.0 Å². The SMILES string of the molecule is CCOC(=O)c1nn(-c2ccc(C)cc2)c(=O)cc1NC(=O)c1c(F)cccc1F. The van der Waals surface area contributed by atoms with Crippen molar-refractivity contribution >= 4 is 17.6 Å². The number of aryl methyl sites for hydroxylation is 1. The number of hydrogen-bond donors (Lipinski definition) is 1. The molecule has 3 rings (SSSR count). The van der Waals surface area contributed by atoms with Crippen molar-refractivity contribution in [3.8, 4) is 5.69 Å². The zero-order chi connectivity index (χ0) is 21.8.